The smallest absolute Gasteiger partial charge is 0.417 e. The maximum absolute atomic E-state index is 12.7. The monoisotopic (exact) mass is 433 g/mol. The van der Waals surface area contributed by atoms with Crippen LogP contribution in [0.1, 0.15) is 23.2 Å². The first-order chi connectivity index (χ1) is 14.3. The lowest BCUT2D eigenvalue weighted by atomic mass is 10.2. The van der Waals surface area contributed by atoms with Crippen molar-refractivity contribution in [1.82, 2.24) is 14.1 Å². The molecule has 156 valence electrons. The van der Waals surface area contributed by atoms with Gasteiger partial charge in [0.25, 0.3) is 5.56 Å². The van der Waals surface area contributed by atoms with E-state index in [4.69, 9.17) is 4.74 Å². The van der Waals surface area contributed by atoms with Gasteiger partial charge in [0.1, 0.15) is 18.2 Å². The molecule has 0 spiro atoms. The highest BCUT2D eigenvalue weighted by Crippen LogP contribution is 2.33. The van der Waals surface area contributed by atoms with Crippen LogP contribution in [0, 0.1) is 0 Å². The van der Waals surface area contributed by atoms with Gasteiger partial charge in [-0.05, 0) is 30.3 Å². The van der Waals surface area contributed by atoms with Gasteiger partial charge < -0.3 is 9.30 Å². The number of ether oxygens (including phenoxy) is 1. The molecule has 30 heavy (non-hydrogen) atoms. The van der Waals surface area contributed by atoms with Crippen LogP contribution in [0.4, 0.5) is 13.2 Å². The van der Waals surface area contributed by atoms with Crippen molar-refractivity contribution in [1.29, 1.82) is 0 Å². The normalized spacial score (nSPS) is 11.9. The Kier molecular flexibility index (Phi) is 5.15. The van der Waals surface area contributed by atoms with Gasteiger partial charge in [0, 0.05) is 36.0 Å². The summed E-state index contributed by atoms with van der Waals surface area (Å²) in [7, 11) is 1.94. The van der Waals surface area contributed by atoms with E-state index < -0.39 is 11.7 Å². The Balaban J connectivity index is 1.55. The van der Waals surface area contributed by atoms with Gasteiger partial charge >= 0.3 is 6.18 Å². The highest BCUT2D eigenvalue weighted by atomic mass is 32.1. The molecule has 0 aliphatic heterocycles. The van der Waals surface area contributed by atoms with Crippen LogP contribution in [0.15, 0.2) is 52.8 Å². The number of thiophene rings is 1. The van der Waals surface area contributed by atoms with Gasteiger partial charge in [-0.15, -0.1) is 11.3 Å². The summed E-state index contributed by atoms with van der Waals surface area (Å²) in [5.74, 6) is 1.26. The Bertz CT molecular complexity index is 1270. The molecule has 3 aromatic heterocycles. The average Bonchev–Trinajstić information content (AvgIpc) is 3.31. The molecule has 5 nitrogen and oxygen atoms in total. The van der Waals surface area contributed by atoms with Crippen molar-refractivity contribution in [3.8, 4) is 11.4 Å². The fourth-order valence-electron chi connectivity index (χ4n) is 3.22. The van der Waals surface area contributed by atoms with Gasteiger partial charge in [-0.1, -0.05) is 6.92 Å². The topological polar surface area (TPSA) is 49.1 Å². The number of aromatic nitrogens is 3. The summed E-state index contributed by atoms with van der Waals surface area (Å²) in [5.41, 5.74) is 1.48. The van der Waals surface area contributed by atoms with Gasteiger partial charge in [-0.3, -0.25) is 9.36 Å². The number of halogens is 3. The van der Waals surface area contributed by atoms with Crippen LogP contribution < -0.4 is 10.3 Å². The summed E-state index contributed by atoms with van der Waals surface area (Å²) in [6.07, 6.45) is -1.98. The number of fused-ring (bicyclic) bond motifs is 1. The molecule has 3 heterocycles. The third-order valence-electron chi connectivity index (χ3n) is 4.80. The zero-order valence-corrected chi connectivity index (χ0v) is 17.0. The van der Waals surface area contributed by atoms with Crippen molar-refractivity contribution in [2.75, 3.05) is 0 Å². The fourth-order valence-corrected chi connectivity index (χ4v) is 4.02. The first kappa shape index (κ1) is 20.2. The largest absolute Gasteiger partial charge is 0.488 e. The first-order valence-corrected chi connectivity index (χ1v) is 10.1. The number of alkyl halides is 3. The van der Waals surface area contributed by atoms with Crippen molar-refractivity contribution in [2.45, 2.75) is 26.1 Å². The second kappa shape index (κ2) is 7.64. The average molecular weight is 433 g/mol. The number of pyridine rings is 1. The predicted octanol–water partition coefficient (Wildman–Crippen LogP) is 4.95. The molecule has 9 heteroatoms. The van der Waals surface area contributed by atoms with Gasteiger partial charge in [0.2, 0.25) is 0 Å². The minimum absolute atomic E-state index is 0.0367. The van der Waals surface area contributed by atoms with E-state index in [1.54, 1.807) is 12.3 Å². The standard InChI is InChI=1S/C21H18F3N3O2S/c1-3-19-25-17-5-4-14(9-18(17)26(19)2)27-7-6-15(10-20(27)28)29-11-16-8-13(12-30-16)21(22,23)24/h4-10,12H,3,11H2,1-2H3. The summed E-state index contributed by atoms with van der Waals surface area (Å²) in [6, 6.07) is 9.58. The molecule has 4 aromatic rings. The van der Waals surface area contributed by atoms with E-state index in [1.165, 1.54) is 10.6 Å². The van der Waals surface area contributed by atoms with E-state index in [1.807, 2.05) is 36.7 Å². The van der Waals surface area contributed by atoms with E-state index in [0.29, 0.717) is 16.3 Å². The van der Waals surface area contributed by atoms with E-state index >= 15 is 0 Å². The van der Waals surface area contributed by atoms with Gasteiger partial charge in [-0.25, -0.2) is 4.98 Å². The molecule has 0 aliphatic rings. The molecule has 0 N–H and O–H groups in total. The summed E-state index contributed by atoms with van der Waals surface area (Å²) in [6.45, 7) is 2.00. The van der Waals surface area contributed by atoms with Crippen LogP contribution in [0.3, 0.4) is 0 Å². The number of nitrogens with zero attached hydrogens (tertiary/aromatic N) is 3. The quantitative estimate of drug-likeness (QED) is 0.448. The van der Waals surface area contributed by atoms with Crippen LogP contribution in [0.5, 0.6) is 5.75 Å². The van der Waals surface area contributed by atoms with Crippen LogP contribution in [0.25, 0.3) is 16.7 Å². The Hall–Kier alpha value is -3.07. The van der Waals surface area contributed by atoms with Crippen molar-refractivity contribution in [2.24, 2.45) is 7.05 Å². The summed E-state index contributed by atoms with van der Waals surface area (Å²) in [5, 5.41) is 1.05. The first-order valence-electron chi connectivity index (χ1n) is 9.22. The maximum atomic E-state index is 12.7. The molecular formula is C21H18F3N3O2S. The van der Waals surface area contributed by atoms with Crippen molar-refractivity contribution in [3.05, 3.63) is 74.6 Å². The van der Waals surface area contributed by atoms with Gasteiger partial charge in [0.05, 0.1) is 22.3 Å². The minimum atomic E-state index is -4.37. The van der Waals surface area contributed by atoms with E-state index in [9.17, 15) is 18.0 Å². The van der Waals surface area contributed by atoms with E-state index in [-0.39, 0.29) is 12.2 Å². The number of hydrogen-bond donors (Lipinski definition) is 0. The van der Waals surface area contributed by atoms with Crippen molar-refractivity contribution >= 4 is 22.4 Å². The summed E-state index contributed by atoms with van der Waals surface area (Å²) >= 11 is 0.970. The SMILES string of the molecule is CCc1nc2ccc(-n3ccc(OCc4cc(C(F)(F)F)cs4)cc3=O)cc2n1C. The summed E-state index contributed by atoms with van der Waals surface area (Å²) < 4.78 is 47.0. The third-order valence-corrected chi connectivity index (χ3v) is 5.71. The van der Waals surface area contributed by atoms with Gasteiger partial charge in [-0.2, -0.15) is 13.2 Å². The molecule has 0 amide bonds. The summed E-state index contributed by atoms with van der Waals surface area (Å²) in [4.78, 5) is 17.6. The lowest BCUT2D eigenvalue weighted by molar-refractivity contribution is -0.137. The number of aryl methyl sites for hydroxylation is 2. The molecule has 0 aliphatic carbocycles. The van der Waals surface area contributed by atoms with E-state index in [0.717, 1.165) is 46.1 Å². The number of benzene rings is 1. The van der Waals surface area contributed by atoms with Crippen LogP contribution in [0.2, 0.25) is 0 Å². The maximum Gasteiger partial charge on any atom is 0.417 e. The molecule has 0 atom stereocenters. The molecule has 0 saturated heterocycles. The molecule has 1 aromatic carbocycles. The Morgan fingerprint density at radius 2 is 1.97 bits per heavy atom. The number of imidazole rings is 1. The number of rotatable bonds is 5. The molecule has 0 radical (unpaired) electrons. The Labute approximate surface area is 174 Å². The van der Waals surface area contributed by atoms with Crippen LogP contribution in [-0.4, -0.2) is 14.1 Å². The lowest BCUT2D eigenvalue weighted by Gasteiger charge is -2.09. The third kappa shape index (κ3) is 3.85. The van der Waals surface area contributed by atoms with Crippen LogP contribution >= 0.6 is 11.3 Å². The highest BCUT2D eigenvalue weighted by Gasteiger charge is 2.31. The zero-order valence-electron chi connectivity index (χ0n) is 16.2. The fraction of sp³-hybridized carbons (Fsp3) is 0.238. The second-order valence-electron chi connectivity index (χ2n) is 6.77. The van der Waals surface area contributed by atoms with Crippen molar-refractivity contribution < 1.29 is 17.9 Å². The molecule has 4 rings (SSSR count). The second-order valence-corrected chi connectivity index (χ2v) is 7.77. The van der Waals surface area contributed by atoms with Crippen molar-refractivity contribution in [3.63, 3.8) is 0 Å². The highest BCUT2D eigenvalue weighted by molar-refractivity contribution is 7.10. The van der Waals surface area contributed by atoms with Gasteiger partial charge in [0.15, 0.2) is 0 Å². The zero-order chi connectivity index (χ0) is 21.5. The Morgan fingerprint density at radius 1 is 1.17 bits per heavy atom. The van der Waals surface area contributed by atoms with Crippen LogP contribution in [-0.2, 0) is 26.3 Å². The molecule has 0 unspecified atom stereocenters. The molecule has 0 saturated carbocycles. The molecule has 0 bridgehead atoms. The number of hydrogen-bond acceptors (Lipinski definition) is 4. The molecule has 0 fully saturated rings. The lowest BCUT2D eigenvalue weighted by Crippen LogP contribution is -2.16. The predicted molar refractivity (Wildman–Crippen MR) is 109 cm³/mol. The minimum Gasteiger partial charge on any atom is -0.488 e. The molecular weight excluding hydrogens is 415 g/mol. The van der Waals surface area contributed by atoms with E-state index in [2.05, 4.69) is 4.98 Å². The Morgan fingerprint density at radius 3 is 2.63 bits per heavy atom.